The lowest BCUT2D eigenvalue weighted by Crippen LogP contribution is -2.50. The Balaban J connectivity index is 1.56. The lowest BCUT2D eigenvalue weighted by atomic mass is 10.2. The molecule has 0 saturated carbocycles. The highest BCUT2D eigenvalue weighted by Gasteiger charge is 2.32. The molecule has 19 heavy (non-hydrogen) atoms. The molecular weight excluding hydrogens is 246 g/mol. The predicted octanol–water partition coefficient (Wildman–Crippen LogP) is -0.798. The summed E-state index contributed by atoms with van der Waals surface area (Å²) in [6, 6.07) is 0.614. The fraction of sp³-hybridized carbons (Fsp3) is 0.923. The number of hydrogen-bond acceptors (Lipinski definition) is 5. The molecule has 0 aromatic heterocycles. The maximum Gasteiger partial charge on any atom is 0.234 e. The minimum atomic E-state index is 0.0169. The van der Waals surface area contributed by atoms with Crippen molar-refractivity contribution in [3.05, 3.63) is 0 Å². The SMILES string of the molecule is COCCNCC(=O)NCC1CN2CCCC2CO1. The van der Waals surface area contributed by atoms with E-state index in [1.807, 2.05) is 0 Å². The number of methoxy groups -OCH3 is 1. The Morgan fingerprint density at radius 3 is 3.26 bits per heavy atom. The quantitative estimate of drug-likeness (QED) is 0.594. The molecule has 0 aromatic rings. The van der Waals surface area contributed by atoms with Gasteiger partial charge in [0.2, 0.25) is 5.91 Å². The molecule has 2 fully saturated rings. The van der Waals surface area contributed by atoms with Crippen molar-refractivity contribution < 1.29 is 14.3 Å². The number of amides is 1. The van der Waals surface area contributed by atoms with Crippen molar-refractivity contribution in [1.82, 2.24) is 15.5 Å². The van der Waals surface area contributed by atoms with Crippen LogP contribution < -0.4 is 10.6 Å². The second kappa shape index (κ2) is 7.79. The highest BCUT2D eigenvalue weighted by Crippen LogP contribution is 2.22. The summed E-state index contributed by atoms with van der Waals surface area (Å²) in [5, 5.41) is 5.94. The second-order valence-electron chi connectivity index (χ2n) is 5.22. The van der Waals surface area contributed by atoms with Gasteiger partial charge in [0.15, 0.2) is 0 Å². The summed E-state index contributed by atoms with van der Waals surface area (Å²) in [5.74, 6) is 0.0169. The fourth-order valence-corrected chi connectivity index (χ4v) is 2.68. The third kappa shape index (κ3) is 4.72. The van der Waals surface area contributed by atoms with Gasteiger partial charge in [0, 0.05) is 32.8 Å². The maximum atomic E-state index is 11.6. The first-order chi connectivity index (χ1) is 9.29. The first-order valence-electron chi connectivity index (χ1n) is 7.11. The zero-order valence-electron chi connectivity index (χ0n) is 11.7. The van der Waals surface area contributed by atoms with Crippen LogP contribution in [-0.2, 0) is 14.3 Å². The van der Waals surface area contributed by atoms with Crippen LogP contribution in [0.5, 0.6) is 0 Å². The molecule has 0 spiro atoms. The van der Waals surface area contributed by atoms with Gasteiger partial charge in [0.1, 0.15) is 0 Å². The predicted molar refractivity (Wildman–Crippen MR) is 72.1 cm³/mol. The molecule has 2 unspecified atom stereocenters. The average Bonchev–Trinajstić information content (AvgIpc) is 2.89. The Kier molecular flexibility index (Phi) is 6.03. The molecule has 6 nitrogen and oxygen atoms in total. The van der Waals surface area contributed by atoms with Gasteiger partial charge in [-0.15, -0.1) is 0 Å². The van der Waals surface area contributed by atoms with Crippen molar-refractivity contribution in [3.63, 3.8) is 0 Å². The van der Waals surface area contributed by atoms with Gasteiger partial charge in [-0.25, -0.2) is 0 Å². The standard InChI is InChI=1S/C13H25N3O3/c1-18-6-4-14-8-13(17)15-7-12-9-16-5-2-3-11(16)10-19-12/h11-12,14H,2-10H2,1H3,(H,15,17). The summed E-state index contributed by atoms with van der Waals surface area (Å²) in [4.78, 5) is 14.1. The van der Waals surface area contributed by atoms with Gasteiger partial charge < -0.3 is 20.1 Å². The minimum Gasteiger partial charge on any atom is -0.383 e. The molecule has 0 bridgehead atoms. The van der Waals surface area contributed by atoms with Crippen LogP contribution in [0.25, 0.3) is 0 Å². The molecule has 110 valence electrons. The smallest absolute Gasteiger partial charge is 0.234 e. The van der Waals surface area contributed by atoms with E-state index in [9.17, 15) is 4.79 Å². The average molecular weight is 271 g/mol. The summed E-state index contributed by atoms with van der Waals surface area (Å²) < 4.78 is 10.7. The van der Waals surface area contributed by atoms with E-state index in [4.69, 9.17) is 9.47 Å². The van der Waals surface area contributed by atoms with E-state index in [0.29, 0.717) is 32.3 Å². The second-order valence-corrected chi connectivity index (χ2v) is 5.22. The van der Waals surface area contributed by atoms with Gasteiger partial charge >= 0.3 is 0 Å². The van der Waals surface area contributed by atoms with Crippen LogP contribution in [0.15, 0.2) is 0 Å². The van der Waals surface area contributed by atoms with E-state index in [2.05, 4.69) is 15.5 Å². The normalized spacial score (nSPS) is 27.2. The maximum absolute atomic E-state index is 11.6. The van der Waals surface area contributed by atoms with E-state index in [1.165, 1.54) is 19.4 Å². The highest BCUT2D eigenvalue weighted by molar-refractivity contribution is 5.77. The molecule has 1 amide bonds. The number of ether oxygens (including phenoxy) is 2. The summed E-state index contributed by atoms with van der Waals surface area (Å²) in [6.45, 7) is 5.19. The number of fused-ring (bicyclic) bond motifs is 1. The number of rotatable bonds is 7. The van der Waals surface area contributed by atoms with Gasteiger partial charge in [-0.2, -0.15) is 0 Å². The first-order valence-corrected chi connectivity index (χ1v) is 7.11. The number of morpholine rings is 1. The molecule has 0 aromatic carbocycles. The molecule has 2 N–H and O–H groups in total. The number of hydrogen-bond donors (Lipinski definition) is 2. The fourth-order valence-electron chi connectivity index (χ4n) is 2.68. The third-order valence-corrected chi connectivity index (χ3v) is 3.76. The lowest BCUT2D eigenvalue weighted by Gasteiger charge is -2.35. The van der Waals surface area contributed by atoms with Gasteiger partial charge in [-0.1, -0.05) is 0 Å². The Morgan fingerprint density at radius 1 is 1.53 bits per heavy atom. The molecule has 0 radical (unpaired) electrons. The van der Waals surface area contributed by atoms with Crippen molar-refractivity contribution in [2.45, 2.75) is 25.0 Å². The zero-order valence-corrected chi connectivity index (χ0v) is 11.7. The van der Waals surface area contributed by atoms with Crippen LogP contribution in [0.4, 0.5) is 0 Å². The van der Waals surface area contributed by atoms with E-state index >= 15 is 0 Å². The molecule has 2 aliphatic rings. The Hall–Kier alpha value is -0.690. The number of nitrogens with zero attached hydrogens (tertiary/aromatic N) is 1. The third-order valence-electron chi connectivity index (χ3n) is 3.76. The van der Waals surface area contributed by atoms with Crippen LogP contribution in [-0.4, -0.2) is 76.0 Å². The van der Waals surface area contributed by atoms with Gasteiger partial charge in [-0.3, -0.25) is 9.69 Å². The van der Waals surface area contributed by atoms with Crippen LogP contribution in [0.3, 0.4) is 0 Å². The number of carbonyl (C=O) groups is 1. The van der Waals surface area contributed by atoms with E-state index < -0.39 is 0 Å². The van der Waals surface area contributed by atoms with E-state index in [0.717, 1.165) is 13.2 Å². The summed E-state index contributed by atoms with van der Waals surface area (Å²) in [5.41, 5.74) is 0. The highest BCUT2D eigenvalue weighted by atomic mass is 16.5. The Labute approximate surface area is 114 Å². The van der Waals surface area contributed by atoms with Gasteiger partial charge in [0.25, 0.3) is 0 Å². The topological polar surface area (TPSA) is 62.8 Å². The summed E-state index contributed by atoms with van der Waals surface area (Å²) in [6.07, 6.45) is 2.66. The lowest BCUT2D eigenvalue weighted by molar-refractivity contribution is -0.121. The molecule has 2 saturated heterocycles. The van der Waals surface area contributed by atoms with Crippen LogP contribution in [0, 0.1) is 0 Å². The van der Waals surface area contributed by atoms with Crippen molar-refractivity contribution in [3.8, 4) is 0 Å². The van der Waals surface area contributed by atoms with Crippen LogP contribution in [0.2, 0.25) is 0 Å². The number of nitrogens with one attached hydrogen (secondary N) is 2. The molecule has 2 heterocycles. The molecule has 2 atom stereocenters. The van der Waals surface area contributed by atoms with Crippen molar-refractivity contribution in [1.29, 1.82) is 0 Å². The summed E-state index contributed by atoms with van der Waals surface area (Å²) >= 11 is 0. The van der Waals surface area contributed by atoms with Crippen molar-refractivity contribution in [2.75, 3.05) is 53.0 Å². The zero-order chi connectivity index (χ0) is 13.5. The van der Waals surface area contributed by atoms with Gasteiger partial charge in [-0.05, 0) is 19.4 Å². The van der Waals surface area contributed by atoms with Gasteiger partial charge in [0.05, 0.1) is 25.9 Å². The van der Waals surface area contributed by atoms with Crippen molar-refractivity contribution >= 4 is 5.91 Å². The molecule has 0 aliphatic carbocycles. The first kappa shape index (κ1) is 14.7. The molecule has 2 aliphatic heterocycles. The Bertz CT molecular complexity index is 288. The molecule has 2 rings (SSSR count). The van der Waals surface area contributed by atoms with E-state index in [1.54, 1.807) is 7.11 Å². The minimum absolute atomic E-state index is 0.0169. The largest absolute Gasteiger partial charge is 0.383 e. The Morgan fingerprint density at radius 2 is 2.42 bits per heavy atom. The molecule has 6 heteroatoms. The summed E-state index contributed by atoms with van der Waals surface area (Å²) in [7, 11) is 1.65. The van der Waals surface area contributed by atoms with Crippen LogP contribution in [0.1, 0.15) is 12.8 Å². The van der Waals surface area contributed by atoms with Crippen molar-refractivity contribution in [2.24, 2.45) is 0 Å². The monoisotopic (exact) mass is 271 g/mol. The molecular formula is C13H25N3O3. The van der Waals surface area contributed by atoms with Crippen LogP contribution >= 0.6 is 0 Å². The number of carbonyl (C=O) groups excluding carboxylic acids is 1. The van der Waals surface area contributed by atoms with E-state index in [-0.39, 0.29) is 12.0 Å².